The third kappa shape index (κ3) is 4.83. The molecular weight excluding hydrogens is 367 g/mol. The van der Waals surface area contributed by atoms with Crippen molar-refractivity contribution in [1.29, 1.82) is 0 Å². The van der Waals surface area contributed by atoms with Gasteiger partial charge in [0.2, 0.25) is 0 Å². The number of benzene rings is 1. The Bertz CT molecular complexity index is 858. The van der Waals surface area contributed by atoms with E-state index in [0.717, 1.165) is 37.3 Å². The summed E-state index contributed by atoms with van der Waals surface area (Å²) in [6.45, 7) is 9.33. The van der Waals surface area contributed by atoms with Gasteiger partial charge in [-0.3, -0.25) is 14.7 Å². The number of aromatic nitrogens is 1. The fourth-order valence-electron chi connectivity index (χ4n) is 3.25. The SMILES string of the molecule is Cc1ncc(C(=O)Nc2cc(Cl)cc(CN3CCNC(C)C3)c2C)cc1F. The molecule has 0 radical (unpaired) electrons. The number of hydrogen-bond acceptors (Lipinski definition) is 4. The Kier molecular flexibility index (Phi) is 6.09. The Morgan fingerprint density at radius 1 is 1.41 bits per heavy atom. The fourth-order valence-corrected chi connectivity index (χ4v) is 3.49. The van der Waals surface area contributed by atoms with Crippen LogP contribution in [0.3, 0.4) is 0 Å². The number of nitrogens with one attached hydrogen (secondary N) is 2. The first-order valence-corrected chi connectivity index (χ1v) is 9.39. The van der Waals surface area contributed by atoms with Crippen LogP contribution in [0.1, 0.15) is 34.1 Å². The number of piperazine rings is 1. The van der Waals surface area contributed by atoms with E-state index in [1.165, 1.54) is 12.3 Å². The topological polar surface area (TPSA) is 57.3 Å². The first-order chi connectivity index (χ1) is 12.8. The first-order valence-electron chi connectivity index (χ1n) is 9.01. The molecule has 1 aromatic heterocycles. The van der Waals surface area contributed by atoms with Crippen LogP contribution in [0, 0.1) is 19.7 Å². The summed E-state index contributed by atoms with van der Waals surface area (Å²) >= 11 is 6.29. The van der Waals surface area contributed by atoms with Gasteiger partial charge in [0.1, 0.15) is 5.82 Å². The summed E-state index contributed by atoms with van der Waals surface area (Å²) in [4.78, 5) is 18.8. The van der Waals surface area contributed by atoms with E-state index in [2.05, 4.69) is 27.4 Å². The standard InChI is InChI=1S/C20H24ClFN4O/c1-12-10-26(5-4-23-12)11-16-6-17(21)8-19(13(16)2)25-20(27)15-7-18(22)14(3)24-9-15/h6-9,12,23H,4-5,10-11H2,1-3H3,(H,25,27). The lowest BCUT2D eigenvalue weighted by Crippen LogP contribution is -2.48. The highest BCUT2D eigenvalue weighted by Crippen LogP contribution is 2.27. The number of halogens is 2. The van der Waals surface area contributed by atoms with Crippen molar-refractivity contribution in [3.8, 4) is 0 Å². The summed E-state index contributed by atoms with van der Waals surface area (Å²) in [5.74, 6) is -0.910. The number of anilines is 1. The van der Waals surface area contributed by atoms with Crippen LogP contribution >= 0.6 is 11.6 Å². The zero-order valence-corrected chi connectivity index (χ0v) is 16.5. The lowest BCUT2D eigenvalue weighted by molar-refractivity contribution is 0.102. The van der Waals surface area contributed by atoms with Crippen molar-refractivity contribution in [2.45, 2.75) is 33.4 Å². The molecule has 1 fully saturated rings. The zero-order chi connectivity index (χ0) is 19.6. The molecule has 1 amide bonds. The molecule has 7 heteroatoms. The minimum atomic E-state index is -0.501. The predicted molar refractivity (Wildman–Crippen MR) is 106 cm³/mol. The van der Waals surface area contributed by atoms with Crippen LogP contribution in [0.25, 0.3) is 0 Å². The Labute approximate surface area is 163 Å². The predicted octanol–water partition coefficient (Wildman–Crippen LogP) is 3.54. The van der Waals surface area contributed by atoms with Crippen LogP contribution in [0.5, 0.6) is 0 Å². The van der Waals surface area contributed by atoms with Crippen molar-refractivity contribution in [3.63, 3.8) is 0 Å². The van der Waals surface area contributed by atoms with E-state index in [1.807, 2.05) is 13.0 Å². The minimum absolute atomic E-state index is 0.176. The highest BCUT2D eigenvalue weighted by atomic mass is 35.5. The fraction of sp³-hybridized carbons (Fsp3) is 0.400. The number of hydrogen-bond donors (Lipinski definition) is 2. The number of carbonyl (C=O) groups is 1. The lowest BCUT2D eigenvalue weighted by Gasteiger charge is -2.32. The largest absolute Gasteiger partial charge is 0.322 e. The van der Waals surface area contributed by atoms with Crippen LogP contribution in [0.2, 0.25) is 5.02 Å². The quantitative estimate of drug-likeness (QED) is 0.838. The molecule has 27 heavy (non-hydrogen) atoms. The van der Waals surface area contributed by atoms with Crippen LogP contribution in [-0.4, -0.2) is 41.5 Å². The van der Waals surface area contributed by atoms with Gasteiger partial charge in [-0.15, -0.1) is 0 Å². The molecule has 1 aliphatic rings. The molecule has 0 aliphatic carbocycles. The second kappa shape index (κ2) is 8.33. The molecule has 2 N–H and O–H groups in total. The van der Waals surface area contributed by atoms with Gasteiger partial charge in [-0.2, -0.15) is 0 Å². The lowest BCUT2D eigenvalue weighted by atomic mass is 10.0. The van der Waals surface area contributed by atoms with Crippen molar-refractivity contribution in [3.05, 3.63) is 57.6 Å². The monoisotopic (exact) mass is 390 g/mol. The molecule has 1 unspecified atom stereocenters. The van der Waals surface area contributed by atoms with Gasteiger partial charge in [0.05, 0.1) is 11.3 Å². The Balaban J connectivity index is 1.80. The first kappa shape index (κ1) is 19.7. The minimum Gasteiger partial charge on any atom is -0.322 e. The van der Waals surface area contributed by atoms with Gasteiger partial charge in [-0.25, -0.2) is 4.39 Å². The van der Waals surface area contributed by atoms with Gasteiger partial charge in [0, 0.05) is 49.1 Å². The molecule has 2 heterocycles. The van der Waals surface area contributed by atoms with Gasteiger partial charge in [-0.05, 0) is 50.1 Å². The Hall–Kier alpha value is -2.02. The number of pyridine rings is 1. The molecule has 5 nitrogen and oxygen atoms in total. The van der Waals surface area contributed by atoms with Crippen LogP contribution < -0.4 is 10.6 Å². The summed E-state index contributed by atoms with van der Waals surface area (Å²) in [5, 5.41) is 6.82. The normalized spacial score (nSPS) is 17.7. The molecular formula is C20H24ClFN4O. The van der Waals surface area contributed by atoms with Gasteiger partial charge in [0.15, 0.2) is 0 Å². The van der Waals surface area contributed by atoms with E-state index in [-0.39, 0.29) is 11.3 Å². The van der Waals surface area contributed by atoms with Crippen molar-refractivity contribution >= 4 is 23.2 Å². The Morgan fingerprint density at radius 3 is 2.89 bits per heavy atom. The summed E-state index contributed by atoms with van der Waals surface area (Å²) in [7, 11) is 0. The van der Waals surface area contributed by atoms with Gasteiger partial charge < -0.3 is 10.6 Å². The van der Waals surface area contributed by atoms with Crippen LogP contribution in [-0.2, 0) is 6.54 Å². The highest BCUT2D eigenvalue weighted by Gasteiger charge is 2.18. The zero-order valence-electron chi connectivity index (χ0n) is 15.8. The van der Waals surface area contributed by atoms with Gasteiger partial charge in [0.25, 0.3) is 5.91 Å². The number of amides is 1. The molecule has 1 aromatic carbocycles. The summed E-state index contributed by atoms with van der Waals surface area (Å²) in [5.41, 5.74) is 3.10. The van der Waals surface area contributed by atoms with Crippen molar-refractivity contribution < 1.29 is 9.18 Å². The maximum atomic E-state index is 13.7. The molecule has 1 atom stereocenters. The summed E-state index contributed by atoms with van der Waals surface area (Å²) in [6.07, 6.45) is 1.37. The van der Waals surface area contributed by atoms with E-state index >= 15 is 0 Å². The smallest absolute Gasteiger partial charge is 0.257 e. The number of nitrogens with zero attached hydrogens (tertiary/aromatic N) is 2. The number of rotatable bonds is 4. The second-order valence-electron chi connectivity index (χ2n) is 7.07. The van der Waals surface area contributed by atoms with E-state index in [9.17, 15) is 9.18 Å². The van der Waals surface area contributed by atoms with Crippen LogP contribution in [0.4, 0.5) is 10.1 Å². The van der Waals surface area contributed by atoms with Crippen LogP contribution in [0.15, 0.2) is 24.4 Å². The number of aryl methyl sites for hydroxylation is 1. The maximum absolute atomic E-state index is 13.7. The number of carbonyl (C=O) groups excluding carboxylic acids is 1. The summed E-state index contributed by atoms with van der Waals surface area (Å²) < 4.78 is 13.7. The molecule has 0 bridgehead atoms. The molecule has 1 aliphatic heterocycles. The van der Waals surface area contributed by atoms with Crippen molar-refractivity contribution in [2.24, 2.45) is 0 Å². The van der Waals surface area contributed by atoms with E-state index in [0.29, 0.717) is 16.8 Å². The molecule has 144 valence electrons. The van der Waals surface area contributed by atoms with Crippen molar-refractivity contribution in [2.75, 3.05) is 25.0 Å². The molecule has 0 saturated carbocycles. The second-order valence-corrected chi connectivity index (χ2v) is 7.51. The average molecular weight is 391 g/mol. The molecule has 3 rings (SSSR count). The third-order valence-electron chi connectivity index (χ3n) is 4.86. The maximum Gasteiger partial charge on any atom is 0.257 e. The van der Waals surface area contributed by atoms with E-state index in [4.69, 9.17) is 11.6 Å². The third-order valence-corrected chi connectivity index (χ3v) is 5.08. The van der Waals surface area contributed by atoms with E-state index < -0.39 is 11.7 Å². The average Bonchev–Trinajstić information content (AvgIpc) is 2.61. The Morgan fingerprint density at radius 2 is 2.19 bits per heavy atom. The molecule has 2 aromatic rings. The highest BCUT2D eigenvalue weighted by molar-refractivity contribution is 6.31. The van der Waals surface area contributed by atoms with Gasteiger partial charge in [-0.1, -0.05) is 11.6 Å². The van der Waals surface area contributed by atoms with Gasteiger partial charge >= 0.3 is 0 Å². The molecule has 1 saturated heterocycles. The van der Waals surface area contributed by atoms with E-state index in [1.54, 1.807) is 13.0 Å². The van der Waals surface area contributed by atoms with Crippen molar-refractivity contribution in [1.82, 2.24) is 15.2 Å². The molecule has 0 spiro atoms. The summed E-state index contributed by atoms with van der Waals surface area (Å²) in [6, 6.07) is 5.30.